The number of para-hydroxylation sites is 1. The molecule has 2 nitrogen and oxygen atoms in total. The maximum atomic E-state index is 2.41. The van der Waals surface area contributed by atoms with Gasteiger partial charge in [0.15, 0.2) is 0 Å². The highest BCUT2D eigenvalue weighted by atomic mass is 15.1. The molecule has 0 spiro atoms. The van der Waals surface area contributed by atoms with Crippen LogP contribution in [-0.4, -0.2) is 4.57 Å². The van der Waals surface area contributed by atoms with Gasteiger partial charge in [-0.05, 0) is 116 Å². The molecule has 0 fully saturated rings. The van der Waals surface area contributed by atoms with Crippen molar-refractivity contribution >= 4 is 49.6 Å². The molecule has 282 valence electrons. The average molecular weight is 765 g/mol. The van der Waals surface area contributed by atoms with Crippen molar-refractivity contribution < 1.29 is 0 Å². The Hall–Kier alpha value is -7.94. The summed E-state index contributed by atoms with van der Waals surface area (Å²) in [5.41, 5.74) is 16.3. The van der Waals surface area contributed by atoms with Crippen molar-refractivity contribution in [2.24, 2.45) is 0 Å². The van der Waals surface area contributed by atoms with Crippen LogP contribution in [0.15, 0.2) is 243 Å². The van der Waals surface area contributed by atoms with Crippen LogP contribution in [0.3, 0.4) is 0 Å². The molecule has 0 aliphatic rings. The molecule has 60 heavy (non-hydrogen) atoms. The summed E-state index contributed by atoms with van der Waals surface area (Å²) in [5.74, 6) is 0. The second-order valence-corrected chi connectivity index (χ2v) is 15.3. The van der Waals surface area contributed by atoms with Crippen LogP contribution < -0.4 is 4.90 Å². The zero-order valence-corrected chi connectivity index (χ0v) is 33.0. The number of hydrogen-bond donors (Lipinski definition) is 0. The summed E-state index contributed by atoms with van der Waals surface area (Å²) in [6.07, 6.45) is 0. The number of benzene rings is 10. The molecule has 10 aromatic carbocycles. The van der Waals surface area contributed by atoms with Crippen molar-refractivity contribution in [3.8, 4) is 50.2 Å². The van der Waals surface area contributed by atoms with Crippen LogP contribution in [0.25, 0.3) is 82.8 Å². The lowest BCUT2D eigenvalue weighted by atomic mass is 9.93. The Morgan fingerprint density at radius 3 is 1.45 bits per heavy atom. The van der Waals surface area contributed by atoms with Gasteiger partial charge in [0, 0.05) is 33.5 Å². The highest BCUT2D eigenvalue weighted by molar-refractivity contribution is 6.21. The maximum Gasteiger partial charge on any atom is 0.0547 e. The van der Waals surface area contributed by atoms with E-state index < -0.39 is 0 Å². The monoisotopic (exact) mass is 764 g/mol. The van der Waals surface area contributed by atoms with E-state index in [2.05, 4.69) is 252 Å². The first kappa shape index (κ1) is 35.2. The normalized spacial score (nSPS) is 11.3. The van der Waals surface area contributed by atoms with E-state index in [9.17, 15) is 0 Å². The smallest absolute Gasteiger partial charge is 0.0547 e. The van der Waals surface area contributed by atoms with Gasteiger partial charge in [-0.1, -0.05) is 182 Å². The third-order valence-corrected chi connectivity index (χ3v) is 11.8. The molecule has 1 heterocycles. The fourth-order valence-corrected chi connectivity index (χ4v) is 8.94. The van der Waals surface area contributed by atoms with Gasteiger partial charge in [0.1, 0.15) is 0 Å². The molecule has 0 radical (unpaired) electrons. The van der Waals surface area contributed by atoms with Gasteiger partial charge in [0.2, 0.25) is 0 Å². The van der Waals surface area contributed by atoms with Crippen LogP contribution in [-0.2, 0) is 0 Å². The lowest BCUT2D eigenvalue weighted by Gasteiger charge is -2.28. The van der Waals surface area contributed by atoms with E-state index in [0.717, 1.165) is 22.7 Å². The molecular weight excluding hydrogens is 725 g/mol. The standard InChI is InChI=1S/C58H40N2/c1-4-16-41(17-5-1)46-23-14-25-49(38-46)59(50-26-15-24-47(39-50)42-18-6-2-7-19-42)51-35-36-52(55(40-51)43-20-8-3-9-21-43)45-30-33-48(34-31-45)60-56-29-13-12-28-54(56)58-53-27-11-10-22-44(53)32-37-57(58)60/h1-40H. The van der Waals surface area contributed by atoms with Crippen LogP contribution in [0, 0.1) is 0 Å². The topological polar surface area (TPSA) is 8.17 Å². The predicted molar refractivity (Wildman–Crippen MR) is 255 cm³/mol. The van der Waals surface area contributed by atoms with Crippen molar-refractivity contribution in [2.75, 3.05) is 4.90 Å². The summed E-state index contributed by atoms with van der Waals surface area (Å²) >= 11 is 0. The Morgan fingerprint density at radius 2 is 0.800 bits per heavy atom. The van der Waals surface area contributed by atoms with E-state index in [1.165, 1.54) is 77.1 Å². The van der Waals surface area contributed by atoms with Gasteiger partial charge in [-0.15, -0.1) is 0 Å². The Labute approximate surface area is 350 Å². The summed E-state index contributed by atoms with van der Waals surface area (Å²) in [5, 5.41) is 5.10. The fraction of sp³-hybridized carbons (Fsp3) is 0. The molecule has 0 saturated heterocycles. The van der Waals surface area contributed by atoms with E-state index in [1.807, 2.05) is 0 Å². The molecule has 11 aromatic rings. The van der Waals surface area contributed by atoms with E-state index >= 15 is 0 Å². The number of nitrogens with zero attached hydrogens (tertiary/aromatic N) is 2. The van der Waals surface area contributed by atoms with Gasteiger partial charge in [0.25, 0.3) is 0 Å². The summed E-state index contributed by atoms with van der Waals surface area (Å²) in [4.78, 5) is 2.39. The zero-order chi connectivity index (χ0) is 39.8. The van der Waals surface area contributed by atoms with Gasteiger partial charge >= 0.3 is 0 Å². The lowest BCUT2D eigenvalue weighted by Crippen LogP contribution is -2.10. The zero-order valence-electron chi connectivity index (χ0n) is 33.0. The second-order valence-electron chi connectivity index (χ2n) is 15.3. The number of aromatic nitrogens is 1. The number of anilines is 3. The van der Waals surface area contributed by atoms with Crippen molar-refractivity contribution in [3.05, 3.63) is 243 Å². The summed E-state index contributed by atoms with van der Waals surface area (Å²) in [6.45, 7) is 0. The van der Waals surface area contributed by atoms with Crippen molar-refractivity contribution in [1.82, 2.24) is 4.57 Å². The molecule has 0 atom stereocenters. The van der Waals surface area contributed by atoms with Gasteiger partial charge in [-0.3, -0.25) is 0 Å². The van der Waals surface area contributed by atoms with Crippen LogP contribution >= 0.6 is 0 Å². The highest BCUT2D eigenvalue weighted by Crippen LogP contribution is 2.43. The number of hydrogen-bond acceptors (Lipinski definition) is 1. The molecule has 11 rings (SSSR count). The Balaban J connectivity index is 1.06. The van der Waals surface area contributed by atoms with Gasteiger partial charge in [-0.25, -0.2) is 0 Å². The van der Waals surface area contributed by atoms with E-state index in [0.29, 0.717) is 0 Å². The minimum absolute atomic E-state index is 1.09. The third kappa shape index (κ3) is 6.32. The fourth-order valence-electron chi connectivity index (χ4n) is 8.94. The first-order valence-electron chi connectivity index (χ1n) is 20.6. The minimum atomic E-state index is 1.09. The van der Waals surface area contributed by atoms with Crippen LogP contribution in [0.2, 0.25) is 0 Å². The van der Waals surface area contributed by atoms with Crippen LogP contribution in [0.1, 0.15) is 0 Å². The molecule has 0 aliphatic heterocycles. The molecule has 0 unspecified atom stereocenters. The Kier molecular flexibility index (Phi) is 8.87. The first-order valence-corrected chi connectivity index (χ1v) is 20.6. The van der Waals surface area contributed by atoms with E-state index in [4.69, 9.17) is 0 Å². The largest absolute Gasteiger partial charge is 0.310 e. The lowest BCUT2D eigenvalue weighted by molar-refractivity contribution is 1.18. The molecule has 0 aliphatic carbocycles. The molecule has 0 saturated carbocycles. The van der Waals surface area contributed by atoms with Crippen molar-refractivity contribution in [1.29, 1.82) is 0 Å². The molecule has 0 amide bonds. The maximum absolute atomic E-state index is 2.41. The van der Waals surface area contributed by atoms with Crippen molar-refractivity contribution in [2.45, 2.75) is 0 Å². The first-order chi connectivity index (χ1) is 29.8. The molecule has 0 bridgehead atoms. The SMILES string of the molecule is c1ccc(-c2cccc(N(c3cccc(-c4ccccc4)c3)c3ccc(-c4ccc(-n5c6ccccc6c6c7ccccc7ccc65)cc4)c(-c4ccccc4)c3)c2)cc1. The quantitative estimate of drug-likeness (QED) is 0.150. The molecule has 0 N–H and O–H groups in total. The van der Waals surface area contributed by atoms with Crippen LogP contribution in [0.4, 0.5) is 17.1 Å². The summed E-state index contributed by atoms with van der Waals surface area (Å²) < 4.78 is 2.41. The van der Waals surface area contributed by atoms with Gasteiger partial charge in [-0.2, -0.15) is 0 Å². The number of rotatable bonds is 8. The summed E-state index contributed by atoms with van der Waals surface area (Å²) in [6, 6.07) is 87.8. The van der Waals surface area contributed by atoms with Crippen LogP contribution in [0.5, 0.6) is 0 Å². The van der Waals surface area contributed by atoms with Gasteiger partial charge in [0.05, 0.1) is 11.0 Å². The molecule has 1 aromatic heterocycles. The number of fused-ring (bicyclic) bond motifs is 5. The highest BCUT2D eigenvalue weighted by Gasteiger charge is 2.19. The third-order valence-electron chi connectivity index (χ3n) is 11.8. The average Bonchev–Trinajstić information content (AvgIpc) is 3.68. The van der Waals surface area contributed by atoms with E-state index in [-0.39, 0.29) is 0 Å². The second kappa shape index (κ2) is 15.1. The minimum Gasteiger partial charge on any atom is -0.310 e. The van der Waals surface area contributed by atoms with E-state index in [1.54, 1.807) is 0 Å². The summed E-state index contributed by atoms with van der Waals surface area (Å²) in [7, 11) is 0. The predicted octanol–water partition coefficient (Wildman–Crippen LogP) is 16.1. The van der Waals surface area contributed by atoms with Gasteiger partial charge < -0.3 is 9.47 Å². The Bertz CT molecular complexity index is 3210. The molecular formula is C58H40N2. The van der Waals surface area contributed by atoms with Crippen molar-refractivity contribution in [3.63, 3.8) is 0 Å². The molecule has 2 heteroatoms. The Morgan fingerprint density at radius 1 is 0.283 bits per heavy atom.